The van der Waals surface area contributed by atoms with Gasteiger partial charge in [-0.2, -0.15) is 0 Å². The number of fused-ring (bicyclic) bond motifs is 2. The standard InChI is InChI=1S/C27H39NO3.C26H37NO3/c1-26(2,3)21-10-13-23(14-11-21)31-24-12-8-19-17-22(9-7-20(19)18-24)27(4,5)28-16-15-25(29)30-6;1-25(2,3)20-9-12-22(13-10-20)30-23-11-7-18-16-21(8-6-19(18)17-23)26(4,5)27-15-14-24(28)29/h7-9,12,17-18,21,23,28H,10-11,13-16H2,1-6H3;6-8,11,16-17,20,22,27H,9-10,12-15H2,1-5H3,(H,28,29). The first-order valence-electron chi connectivity index (χ1n) is 22.8. The maximum Gasteiger partial charge on any atom is 0.306 e. The summed E-state index contributed by atoms with van der Waals surface area (Å²) in [6.45, 7) is 23.6. The maximum atomic E-state index is 11.4. The van der Waals surface area contributed by atoms with Gasteiger partial charge in [0.2, 0.25) is 0 Å². The normalized spacial score (nSPS) is 20.1. The lowest BCUT2D eigenvalue weighted by atomic mass is 9.72. The minimum Gasteiger partial charge on any atom is -0.490 e. The number of rotatable bonds is 14. The molecule has 0 unspecified atom stereocenters. The number of esters is 1. The molecule has 0 aliphatic heterocycles. The van der Waals surface area contributed by atoms with Crippen molar-refractivity contribution in [3.8, 4) is 11.5 Å². The van der Waals surface area contributed by atoms with E-state index in [-0.39, 0.29) is 23.5 Å². The van der Waals surface area contributed by atoms with Gasteiger partial charge in [0, 0.05) is 24.2 Å². The van der Waals surface area contributed by atoms with Crippen molar-refractivity contribution in [1.82, 2.24) is 10.6 Å². The van der Waals surface area contributed by atoms with E-state index in [1.807, 2.05) is 0 Å². The average molecular weight is 837 g/mol. The summed E-state index contributed by atoms with van der Waals surface area (Å²) in [5, 5.41) is 20.4. The van der Waals surface area contributed by atoms with Crippen molar-refractivity contribution in [2.24, 2.45) is 22.7 Å². The number of carbonyl (C=O) groups is 2. The Kier molecular flexibility index (Phi) is 16.0. The van der Waals surface area contributed by atoms with Gasteiger partial charge in [-0.1, -0.05) is 77.9 Å². The molecular formula is C53H76N2O6. The lowest BCUT2D eigenvalue weighted by molar-refractivity contribution is -0.140. The van der Waals surface area contributed by atoms with Crippen LogP contribution in [0.15, 0.2) is 72.8 Å². The van der Waals surface area contributed by atoms with Gasteiger partial charge < -0.3 is 30.0 Å². The number of hydrogen-bond acceptors (Lipinski definition) is 7. The van der Waals surface area contributed by atoms with Crippen LogP contribution in [0.1, 0.15) is 145 Å². The molecule has 0 spiro atoms. The Hall–Kier alpha value is -4.14. The third-order valence-electron chi connectivity index (χ3n) is 13.5. The molecule has 61 heavy (non-hydrogen) atoms. The summed E-state index contributed by atoms with van der Waals surface area (Å²) in [5.74, 6) is 2.53. The molecule has 3 N–H and O–H groups in total. The van der Waals surface area contributed by atoms with Crippen molar-refractivity contribution in [3.05, 3.63) is 83.9 Å². The molecule has 2 aliphatic rings. The molecule has 0 heterocycles. The molecule has 0 amide bonds. The molecule has 2 fully saturated rings. The van der Waals surface area contributed by atoms with E-state index in [2.05, 4.69) is 153 Å². The Labute approximate surface area is 366 Å². The van der Waals surface area contributed by atoms with Crippen LogP contribution in [0.3, 0.4) is 0 Å². The van der Waals surface area contributed by atoms with E-state index in [0.717, 1.165) is 54.6 Å². The van der Waals surface area contributed by atoms with Crippen LogP contribution in [0.5, 0.6) is 11.5 Å². The molecule has 0 bridgehead atoms. The van der Waals surface area contributed by atoms with Crippen molar-refractivity contribution >= 4 is 33.5 Å². The zero-order valence-corrected chi connectivity index (χ0v) is 39.2. The number of nitrogens with one attached hydrogen (secondary N) is 2. The molecule has 0 atom stereocenters. The predicted molar refractivity (Wildman–Crippen MR) is 250 cm³/mol. The second kappa shape index (κ2) is 20.4. The maximum absolute atomic E-state index is 11.4. The van der Waals surface area contributed by atoms with Crippen LogP contribution in [0.4, 0.5) is 0 Å². The summed E-state index contributed by atoms with van der Waals surface area (Å²) in [6.07, 6.45) is 10.7. The monoisotopic (exact) mass is 837 g/mol. The number of carboxylic acids is 1. The quantitative estimate of drug-likeness (QED) is 0.108. The molecule has 2 aliphatic carbocycles. The molecule has 0 radical (unpaired) electrons. The van der Waals surface area contributed by atoms with Gasteiger partial charge in [0.05, 0.1) is 32.2 Å². The molecule has 8 heteroatoms. The van der Waals surface area contributed by atoms with Gasteiger partial charge in [-0.25, -0.2) is 0 Å². The minimum absolute atomic E-state index is 0.120. The fourth-order valence-electron chi connectivity index (χ4n) is 9.12. The number of methoxy groups -OCH3 is 1. The highest BCUT2D eigenvalue weighted by atomic mass is 16.5. The van der Waals surface area contributed by atoms with E-state index in [4.69, 9.17) is 19.3 Å². The van der Waals surface area contributed by atoms with E-state index in [9.17, 15) is 9.59 Å². The van der Waals surface area contributed by atoms with Gasteiger partial charge in [0.25, 0.3) is 0 Å². The van der Waals surface area contributed by atoms with Crippen molar-refractivity contribution in [2.75, 3.05) is 20.2 Å². The van der Waals surface area contributed by atoms with Crippen molar-refractivity contribution in [1.29, 1.82) is 0 Å². The number of benzene rings is 4. The minimum atomic E-state index is -0.781. The molecule has 0 aromatic heterocycles. The number of carbonyl (C=O) groups excluding carboxylic acids is 1. The van der Waals surface area contributed by atoms with Gasteiger partial charge in [-0.15, -0.1) is 0 Å². The predicted octanol–water partition coefficient (Wildman–Crippen LogP) is 12.3. The first kappa shape index (κ1) is 47.9. The fourth-order valence-corrected chi connectivity index (χ4v) is 9.12. The molecule has 4 aromatic rings. The Balaban J connectivity index is 0.000000231. The highest BCUT2D eigenvalue weighted by molar-refractivity contribution is 5.85. The Morgan fingerprint density at radius 3 is 1.26 bits per heavy atom. The summed E-state index contributed by atoms with van der Waals surface area (Å²) >= 11 is 0. The van der Waals surface area contributed by atoms with Gasteiger partial charge in [-0.05, 0) is 171 Å². The van der Waals surface area contributed by atoms with E-state index in [1.54, 1.807) is 0 Å². The molecule has 0 saturated heterocycles. The number of hydrogen-bond donors (Lipinski definition) is 3. The Morgan fingerprint density at radius 2 is 0.902 bits per heavy atom. The van der Waals surface area contributed by atoms with Gasteiger partial charge in [0.1, 0.15) is 11.5 Å². The molecule has 6 rings (SSSR count). The number of carboxylic acid groups (broad SMARTS) is 1. The van der Waals surface area contributed by atoms with Crippen LogP contribution in [-0.2, 0) is 25.4 Å². The lowest BCUT2D eigenvalue weighted by Crippen LogP contribution is -2.37. The van der Waals surface area contributed by atoms with Crippen LogP contribution >= 0.6 is 0 Å². The zero-order chi connectivity index (χ0) is 44.6. The van der Waals surface area contributed by atoms with Crippen molar-refractivity contribution in [3.63, 3.8) is 0 Å². The van der Waals surface area contributed by atoms with Crippen molar-refractivity contribution < 1.29 is 28.9 Å². The summed E-state index contributed by atoms with van der Waals surface area (Å²) < 4.78 is 17.4. The SMILES string of the molecule is CC(C)(NCCC(=O)O)c1ccc2cc(OC3CCC(C(C)(C)C)CC3)ccc2c1.COC(=O)CCNC(C)(C)c1ccc2cc(OC3CCC(C(C)(C)C)CC3)ccc2c1. The van der Waals surface area contributed by atoms with Crippen LogP contribution in [-0.4, -0.2) is 49.5 Å². The van der Waals surface area contributed by atoms with Gasteiger partial charge in [0.15, 0.2) is 0 Å². The Morgan fingerprint density at radius 1 is 0.541 bits per heavy atom. The van der Waals surface area contributed by atoms with Crippen LogP contribution in [0.2, 0.25) is 0 Å². The fraction of sp³-hybridized carbons (Fsp3) is 0.585. The molecule has 4 aromatic carbocycles. The van der Waals surface area contributed by atoms with E-state index in [0.29, 0.717) is 42.5 Å². The average Bonchev–Trinajstić information content (AvgIpc) is 3.20. The zero-order valence-electron chi connectivity index (χ0n) is 39.2. The molecular weight excluding hydrogens is 761 g/mol. The van der Waals surface area contributed by atoms with Crippen molar-refractivity contribution in [2.45, 2.75) is 157 Å². The molecule has 8 nitrogen and oxygen atoms in total. The van der Waals surface area contributed by atoms with Crippen LogP contribution < -0.4 is 20.1 Å². The first-order chi connectivity index (χ1) is 28.6. The topological polar surface area (TPSA) is 106 Å². The number of ether oxygens (including phenoxy) is 3. The van der Waals surface area contributed by atoms with Crippen LogP contribution in [0, 0.1) is 22.7 Å². The number of aliphatic carboxylic acids is 1. The summed E-state index contributed by atoms with van der Waals surface area (Å²) in [6, 6.07) is 25.7. The highest BCUT2D eigenvalue weighted by Crippen LogP contribution is 2.40. The largest absolute Gasteiger partial charge is 0.490 e. The first-order valence-corrected chi connectivity index (χ1v) is 22.8. The third kappa shape index (κ3) is 13.9. The van der Waals surface area contributed by atoms with E-state index in [1.165, 1.54) is 59.9 Å². The highest BCUT2D eigenvalue weighted by Gasteiger charge is 2.32. The smallest absolute Gasteiger partial charge is 0.306 e. The molecule has 334 valence electrons. The van der Waals surface area contributed by atoms with Crippen LogP contribution in [0.25, 0.3) is 21.5 Å². The van der Waals surface area contributed by atoms with Gasteiger partial charge >= 0.3 is 11.9 Å². The summed E-state index contributed by atoms with van der Waals surface area (Å²) in [7, 11) is 1.42. The summed E-state index contributed by atoms with van der Waals surface area (Å²) in [5.41, 5.74) is 2.61. The van der Waals surface area contributed by atoms with E-state index < -0.39 is 5.97 Å². The second-order valence-electron chi connectivity index (χ2n) is 20.9. The van der Waals surface area contributed by atoms with E-state index >= 15 is 0 Å². The summed E-state index contributed by atoms with van der Waals surface area (Å²) in [4.78, 5) is 22.1. The van der Waals surface area contributed by atoms with Gasteiger partial charge in [-0.3, -0.25) is 9.59 Å². The molecule has 2 saturated carbocycles. The lowest BCUT2D eigenvalue weighted by Gasteiger charge is -2.37. The second-order valence-corrected chi connectivity index (χ2v) is 20.9. The third-order valence-corrected chi connectivity index (χ3v) is 13.5. The Bertz CT molecular complexity index is 2060.